The largest absolute Gasteiger partial charge is 0.370 e. The first-order valence-electron chi connectivity index (χ1n) is 6.58. The Balaban J connectivity index is 2.92. The van der Waals surface area contributed by atoms with Crippen molar-refractivity contribution in [3.63, 3.8) is 0 Å². The molecule has 0 aromatic carbocycles. The summed E-state index contributed by atoms with van der Waals surface area (Å²) in [6.45, 7) is 8.26. The number of nitrogens with one attached hydrogen (secondary N) is 1. The molecule has 5 nitrogen and oxygen atoms in total. The maximum atomic E-state index is 5.48. The zero-order valence-corrected chi connectivity index (χ0v) is 12.3. The lowest BCUT2D eigenvalue weighted by Crippen LogP contribution is -2.30. The molecule has 5 heteroatoms. The SMILES string of the molecule is CCC(NC)C(C)c1nc(C(C)(CC)OC)no1. The molecule has 1 aromatic rings. The minimum Gasteiger partial charge on any atom is -0.370 e. The Kier molecular flexibility index (Phi) is 5.28. The van der Waals surface area contributed by atoms with Crippen LogP contribution in [0.1, 0.15) is 58.2 Å². The second-order valence-corrected chi connectivity index (χ2v) is 4.84. The molecule has 0 aliphatic rings. The minimum absolute atomic E-state index is 0.194. The summed E-state index contributed by atoms with van der Waals surface area (Å²) in [6.07, 6.45) is 1.82. The number of likely N-dealkylation sites (N-methyl/N-ethyl adjacent to an activating group) is 1. The molecule has 104 valence electrons. The standard InChI is InChI=1S/C13H25N3O2/c1-7-10(14-5)9(3)11-15-12(16-18-11)13(4,8-2)17-6/h9-10,14H,7-8H2,1-6H3. The molecule has 3 atom stereocenters. The van der Waals surface area contributed by atoms with Crippen molar-refractivity contribution in [3.8, 4) is 0 Å². The van der Waals surface area contributed by atoms with Gasteiger partial charge in [0.25, 0.3) is 0 Å². The van der Waals surface area contributed by atoms with E-state index in [9.17, 15) is 0 Å². The highest BCUT2D eigenvalue weighted by Gasteiger charge is 2.31. The van der Waals surface area contributed by atoms with Gasteiger partial charge in [0, 0.05) is 13.2 Å². The van der Waals surface area contributed by atoms with Crippen LogP contribution in [-0.4, -0.2) is 30.3 Å². The molecule has 0 aliphatic heterocycles. The van der Waals surface area contributed by atoms with Crippen LogP contribution < -0.4 is 5.32 Å². The number of hydrogen-bond donors (Lipinski definition) is 1. The molecule has 3 unspecified atom stereocenters. The molecule has 1 aromatic heterocycles. The summed E-state index contributed by atoms with van der Waals surface area (Å²) in [5.74, 6) is 1.49. The van der Waals surface area contributed by atoms with Gasteiger partial charge in [-0.25, -0.2) is 0 Å². The summed E-state index contributed by atoms with van der Waals surface area (Å²) in [5, 5.41) is 7.33. The molecule has 0 bridgehead atoms. The monoisotopic (exact) mass is 255 g/mol. The van der Waals surface area contributed by atoms with Crippen LogP contribution in [0.3, 0.4) is 0 Å². The second kappa shape index (κ2) is 6.29. The van der Waals surface area contributed by atoms with Gasteiger partial charge >= 0.3 is 0 Å². The summed E-state index contributed by atoms with van der Waals surface area (Å²) >= 11 is 0. The van der Waals surface area contributed by atoms with Crippen LogP contribution in [0.4, 0.5) is 0 Å². The van der Waals surface area contributed by atoms with Crippen LogP contribution in [0.2, 0.25) is 0 Å². The topological polar surface area (TPSA) is 60.2 Å². The third-order valence-corrected chi connectivity index (χ3v) is 3.84. The van der Waals surface area contributed by atoms with Gasteiger partial charge in [0.1, 0.15) is 5.60 Å². The van der Waals surface area contributed by atoms with Crippen molar-refractivity contribution in [2.24, 2.45) is 0 Å². The number of hydrogen-bond acceptors (Lipinski definition) is 5. The minimum atomic E-state index is -0.469. The third-order valence-electron chi connectivity index (χ3n) is 3.84. The lowest BCUT2D eigenvalue weighted by Gasteiger charge is -2.22. The van der Waals surface area contributed by atoms with Crippen LogP contribution in [0, 0.1) is 0 Å². The summed E-state index contributed by atoms with van der Waals surface area (Å²) in [7, 11) is 3.62. The summed E-state index contributed by atoms with van der Waals surface area (Å²) in [6, 6.07) is 0.341. The Morgan fingerprint density at radius 1 is 1.44 bits per heavy atom. The zero-order chi connectivity index (χ0) is 13.8. The average Bonchev–Trinajstić information content (AvgIpc) is 2.89. The van der Waals surface area contributed by atoms with Crippen molar-refractivity contribution in [2.45, 2.75) is 58.1 Å². The van der Waals surface area contributed by atoms with Crippen molar-refractivity contribution >= 4 is 0 Å². The predicted octanol–water partition coefficient (Wildman–Crippen LogP) is 2.44. The van der Waals surface area contributed by atoms with Crippen LogP contribution >= 0.6 is 0 Å². The Morgan fingerprint density at radius 2 is 2.11 bits per heavy atom. The first kappa shape index (κ1) is 15.1. The van der Waals surface area contributed by atoms with Gasteiger partial charge in [-0.3, -0.25) is 0 Å². The predicted molar refractivity (Wildman–Crippen MR) is 70.5 cm³/mol. The van der Waals surface area contributed by atoms with Crippen LogP contribution in [0.5, 0.6) is 0 Å². The number of aromatic nitrogens is 2. The quantitative estimate of drug-likeness (QED) is 0.811. The van der Waals surface area contributed by atoms with E-state index in [0.717, 1.165) is 12.8 Å². The average molecular weight is 255 g/mol. The van der Waals surface area contributed by atoms with Crippen molar-refractivity contribution in [1.82, 2.24) is 15.5 Å². The van der Waals surface area contributed by atoms with E-state index < -0.39 is 5.60 Å². The highest BCUT2D eigenvalue weighted by Crippen LogP contribution is 2.28. The molecule has 0 amide bonds. The Labute approximate surface area is 109 Å². The number of methoxy groups -OCH3 is 1. The van der Waals surface area contributed by atoms with Crippen molar-refractivity contribution in [1.29, 1.82) is 0 Å². The van der Waals surface area contributed by atoms with E-state index in [1.54, 1.807) is 7.11 Å². The molecule has 0 fully saturated rings. The summed E-state index contributed by atoms with van der Waals surface area (Å²) in [5.41, 5.74) is -0.469. The van der Waals surface area contributed by atoms with Crippen molar-refractivity contribution < 1.29 is 9.26 Å². The molecule has 1 N–H and O–H groups in total. The highest BCUT2D eigenvalue weighted by atomic mass is 16.5. The molecule has 18 heavy (non-hydrogen) atoms. The molecule has 0 saturated heterocycles. The Hall–Kier alpha value is -0.940. The van der Waals surface area contributed by atoms with Crippen LogP contribution in [-0.2, 0) is 10.3 Å². The maximum Gasteiger partial charge on any atom is 0.231 e. The summed E-state index contributed by atoms with van der Waals surface area (Å²) < 4.78 is 10.9. The lowest BCUT2D eigenvalue weighted by atomic mass is 9.99. The van der Waals surface area contributed by atoms with E-state index in [-0.39, 0.29) is 5.92 Å². The second-order valence-electron chi connectivity index (χ2n) is 4.84. The Bertz CT molecular complexity index is 357. The summed E-state index contributed by atoms with van der Waals surface area (Å²) in [4.78, 5) is 4.50. The third kappa shape index (κ3) is 2.90. The van der Waals surface area contributed by atoms with Crippen LogP contribution in [0.25, 0.3) is 0 Å². The first-order valence-corrected chi connectivity index (χ1v) is 6.58. The smallest absolute Gasteiger partial charge is 0.231 e. The van der Waals surface area contributed by atoms with E-state index in [4.69, 9.17) is 9.26 Å². The van der Waals surface area contributed by atoms with E-state index in [1.807, 2.05) is 20.9 Å². The number of ether oxygens (including phenoxy) is 1. The van der Waals surface area contributed by atoms with Gasteiger partial charge in [0.15, 0.2) is 0 Å². The highest BCUT2D eigenvalue weighted by molar-refractivity contribution is 5.03. The van der Waals surface area contributed by atoms with Gasteiger partial charge in [-0.05, 0) is 26.8 Å². The van der Waals surface area contributed by atoms with E-state index >= 15 is 0 Å². The zero-order valence-electron chi connectivity index (χ0n) is 12.3. The van der Waals surface area contributed by atoms with Gasteiger partial charge in [-0.15, -0.1) is 0 Å². The molecule has 1 heterocycles. The van der Waals surface area contributed by atoms with Gasteiger partial charge in [0.2, 0.25) is 11.7 Å². The molecule has 0 radical (unpaired) electrons. The fourth-order valence-electron chi connectivity index (χ4n) is 2.01. The van der Waals surface area contributed by atoms with E-state index in [0.29, 0.717) is 17.8 Å². The van der Waals surface area contributed by atoms with Gasteiger partial charge < -0.3 is 14.6 Å². The first-order chi connectivity index (χ1) is 8.52. The number of nitrogens with zero attached hydrogens (tertiary/aromatic N) is 2. The molecule has 1 rings (SSSR count). The lowest BCUT2D eigenvalue weighted by molar-refractivity contribution is -0.0106. The van der Waals surface area contributed by atoms with Gasteiger partial charge in [-0.2, -0.15) is 4.98 Å². The number of rotatable bonds is 7. The maximum absolute atomic E-state index is 5.48. The Morgan fingerprint density at radius 3 is 2.56 bits per heavy atom. The van der Waals surface area contributed by atoms with Crippen molar-refractivity contribution in [3.05, 3.63) is 11.7 Å². The van der Waals surface area contributed by atoms with Crippen LogP contribution in [0.15, 0.2) is 4.52 Å². The van der Waals surface area contributed by atoms with Crippen molar-refractivity contribution in [2.75, 3.05) is 14.2 Å². The molecule has 0 spiro atoms. The fourth-order valence-corrected chi connectivity index (χ4v) is 2.01. The molecule has 0 saturated carbocycles. The molecule has 0 aliphatic carbocycles. The molecular formula is C13H25N3O2. The normalized spacial score (nSPS) is 18.3. The van der Waals surface area contributed by atoms with Gasteiger partial charge in [0.05, 0.1) is 5.92 Å². The van der Waals surface area contributed by atoms with E-state index in [2.05, 4.69) is 29.3 Å². The van der Waals surface area contributed by atoms with E-state index in [1.165, 1.54) is 0 Å². The van der Waals surface area contributed by atoms with Gasteiger partial charge in [-0.1, -0.05) is 25.9 Å². The fraction of sp³-hybridized carbons (Fsp3) is 0.846. The molecular weight excluding hydrogens is 230 g/mol.